The second-order valence-corrected chi connectivity index (χ2v) is 9.64. The van der Waals surface area contributed by atoms with Crippen LogP contribution in [-0.2, 0) is 9.53 Å². The highest BCUT2D eigenvalue weighted by molar-refractivity contribution is 7.14. The van der Waals surface area contributed by atoms with Crippen LogP contribution in [0.3, 0.4) is 0 Å². The van der Waals surface area contributed by atoms with Crippen LogP contribution in [0.4, 0.5) is 9.52 Å². The van der Waals surface area contributed by atoms with Crippen LogP contribution in [0.25, 0.3) is 44.6 Å². The molecule has 6 aromatic rings. The first kappa shape index (κ1) is 24.4. The van der Waals surface area contributed by atoms with Crippen molar-refractivity contribution < 1.29 is 23.1 Å². The van der Waals surface area contributed by atoms with E-state index in [4.69, 9.17) is 9.15 Å². The van der Waals surface area contributed by atoms with Crippen molar-refractivity contribution in [2.45, 2.75) is 13.0 Å². The molecule has 1 amide bonds. The van der Waals surface area contributed by atoms with Crippen LogP contribution in [-0.4, -0.2) is 27.9 Å². The van der Waals surface area contributed by atoms with Gasteiger partial charge >= 0.3 is 5.97 Å². The maximum absolute atomic E-state index is 13.3. The zero-order chi connectivity index (χ0) is 26.9. The summed E-state index contributed by atoms with van der Waals surface area (Å²) < 4.78 is 24.7. The number of carbonyl (C=O) groups is 2. The number of nitrogens with one attached hydrogen (secondary N) is 1. The average molecular weight is 538 g/mol. The van der Waals surface area contributed by atoms with Gasteiger partial charge in [0.2, 0.25) is 5.89 Å². The number of benzene rings is 4. The van der Waals surface area contributed by atoms with Crippen LogP contribution in [0.5, 0.6) is 0 Å². The van der Waals surface area contributed by atoms with Crippen LogP contribution < -0.4 is 5.32 Å². The molecule has 192 valence electrons. The fourth-order valence-corrected chi connectivity index (χ4v) is 4.97. The standard InChI is InChI=1S/C30H20FN3O4S/c1-17(27(35)34-30-33-24(16-39-30)18-12-14-20(31)15-13-18)37-29(36)22-9-5-7-19-6-4-8-21(26(19)22)28-32-23-10-2-3-11-25(23)38-28/h2-17H,1H3,(H,33,34,35). The monoisotopic (exact) mass is 537 g/mol. The maximum atomic E-state index is 13.3. The third-order valence-corrected chi connectivity index (χ3v) is 6.93. The van der Waals surface area contributed by atoms with Gasteiger partial charge in [-0.2, -0.15) is 0 Å². The number of hydrogen-bond donors (Lipinski definition) is 1. The van der Waals surface area contributed by atoms with Crippen molar-refractivity contribution in [2.75, 3.05) is 5.32 Å². The van der Waals surface area contributed by atoms with Crippen molar-refractivity contribution in [2.24, 2.45) is 0 Å². The summed E-state index contributed by atoms with van der Waals surface area (Å²) in [4.78, 5) is 35.1. The van der Waals surface area contributed by atoms with E-state index < -0.39 is 18.0 Å². The number of ether oxygens (including phenoxy) is 1. The predicted molar refractivity (Wildman–Crippen MR) is 148 cm³/mol. The molecule has 1 unspecified atom stereocenters. The van der Waals surface area contributed by atoms with Crippen LogP contribution in [0.2, 0.25) is 0 Å². The molecule has 0 bridgehead atoms. The summed E-state index contributed by atoms with van der Waals surface area (Å²) in [6.45, 7) is 1.49. The first-order valence-electron chi connectivity index (χ1n) is 12.1. The molecule has 2 aromatic heterocycles. The SMILES string of the molecule is CC(OC(=O)c1cccc2cccc(-c3nc4ccccc4o3)c12)C(=O)Nc1nc(-c2ccc(F)cc2)cs1. The lowest BCUT2D eigenvalue weighted by Gasteiger charge is -2.14. The first-order chi connectivity index (χ1) is 19.0. The fourth-order valence-electron chi connectivity index (χ4n) is 4.25. The molecule has 0 saturated heterocycles. The molecule has 1 N–H and O–H groups in total. The predicted octanol–water partition coefficient (Wildman–Crippen LogP) is 7.09. The Labute approximate surface area is 225 Å². The molecule has 0 aliphatic heterocycles. The lowest BCUT2D eigenvalue weighted by molar-refractivity contribution is -0.123. The Hall–Kier alpha value is -4.89. The quantitative estimate of drug-likeness (QED) is 0.228. The number of esters is 1. The van der Waals surface area contributed by atoms with Crippen molar-refractivity contribution >= 4 is 50.2 Å². The van der Waals surface area contributed by atoms with E-state index in [9.17, 15) is 14.0 Å². The summed E-state index contributed by atoms with van der Waals surface area (Å²) >= 11 is 1.22. The third kappa shape index (κ3) is 4.87. The third-order valence-electron chi connectivity index (χ3n) is 6.18. The van der Waals surface area contributed by atoms with Gasteiger partial charge in [-0.1, -0.05) is 36.4 Å². The number of oxazole rings is 1. The highest BCUT2D eigenvalue weighted by Gasteiger charge is 2.23. The second kappa shape index (κ2) is 10.1. The van der Waals surface area contributed by atoms with E-state index in [1.165, 1.54) is 30.4 Å². The summed E-state index contributed by atoms with van der Waals surface area (Å²) in [6.07, 6.45) is -1.09. The average Bonchev–Trinajstić information content (AvgIpc) is 3.60. The number of halogens is 1. The van der Waals surface area contributed by atoms with E-state index >= 15 is 0 Å². The largest absolute Gasteiger partial charge is 0.449 e. The van der Waals surface area contributed by atoms with Gasteiger partial charge < -0.3 is 9.15 Å². The summed E-state index contributed by atoms with van der Waals surface area (Å²) in [5.74, 6) is -1.14. The number of thiazole rings is 1. The van der Waals surface area contributed by atoms with E-state index in [2.05, 4.69) is 15.3 Å². The van der Waals surface area contributed by atoms with E-state index in [0.29, 0.717) is 38.8 Å². The summed E-state index contributed by atoms with van der Waals surface area (Å²) in [6, 6.07) is 24.2. The van der Waals surface area contributed by atoms with E-state index in [1.807, 2.05) is 48.5 Å². The van der Waals surface area contributed by atoms with Crippen molar-refractivity contribution in [3.05, 3.63) is 102 Å². The molecular formula is C30H20FN3O4S. The molecule has 4 aromatic carbocycles. The molecule has 0 saturated carbocycles. The van der Waals surface area contributed by atoms with Crippen molar-refractivity contribution in [1.29, 1.82) is 0 Å². The van der Waals surface area contributed by atoms with Gasteiger partial charge in [0.05, 0.1) is 11.3 Å². The molecular weight excluding hydrogens is 517 g/mol. The molecule has 0 aliphatic rings. The number of nitrogens with zero attached hydrogens (tertiary/aromatic N) is 2. The molecule has 0 spiro atoms. The van der Waals surface area contributed by atoms with Gasteiger partial charge in [0, 0.05) is 21.9 Å². The van der Waals surface area contributed by atoms with Crippen molar-refractivity contribution in [1.82, 2.24) is 9.97 Å². The van der Waals surface area contributed by atoms with Crippen LogP contribution in [0, 0.1) is 5.82 Å². The fraction of sp³-hybridized carbons (Fsp3) is 0.0667. The minimum atomic E-state index is -1.09. The zero-order valence-corrected chi connectivity index (χ0v) is 21.4. The minimum Gasteiger partial charge on any atom is -0.449 e. The Bertz CT molecular complexity index is 1810. The molecule has 0 radical (unpaired) electrons. The van der Waals surface area contributed by atoms with Gasteiger partial charge in [0.1, 0.15) is 11.3 Å². The molecule has 2 heterocycles. The van der Waals surface area contributed by atoms with Gasteiger partial charge in [-0.05, 0) is 60.8 Å². The van der Waals surface area contributed by atoms with E-state index in [0.717, 1.165) is 10.9 Å². The summed E-state index contributed by atoms with van der Waals surface area (Å²) in [5.41, 5.74) is 3.60. The number of hydrogen-bond acceptors (Lipinski definition) is 7. The molecule has 1 atom stereocenters. The Morgan fingerprint density at radius 3 is 2.51 bits per heavy atom. The second-order valence-electron chi connectivity index (χ2n) is 8.78. The van der Waals surface area contributed by atoms with Crippen LogP contribution >= 0.6 is 11.3 Å². The Morgan fingerprint density at radius 2 is 1.72 bits per heavy atom. The van der Waals surface area contributed by atoms with Gasteiger partial charge in [0.15, 0.2) is 16.8 Å². The van der Waals surface area contributed by atoms with E-state index in [-0.39, 0.29) is 11.4 Å². The summed E-state index contributed by atoms with van der Waals surface area (Å²) in [7, 11) is 0. The normalized spacial score (nSPS) is 11.9. The first-order valence-corrected chi connectivity index (χ1v) is 13.0. The van der Waals surface area contributed by atoms with E-state index in [1.54, 1.807) is 29.6 Å². The van der Waals surface area contributed by atoms with Crippen molar-refractivity contribution in [3.63, 3.8) is 0 Å². The smallest absolute Gasteiger partial charge is 0.339 e. The number of amides is 1. The Kier molecular flexibility index (Phi) is 6.34. The molecule has 0 aliphatic carbocycles. The van der Waals surface area contributed by atoms with Gasteiger partial charge in [-0.3, -0.25) is 10.1 Å². The molecule has 9 heteroatoms. The molecule has 39 heavy (non-hydrogen) atoms. The Morgan fingerprint density at radius 1 is 0.949 bits per heavy atom. The summed E-state index contributed by atoms with van der Waals surface area (Å²) in [5, 5.41) is 6.20. The van der Waals surface area contributed by atoms with Crippen molar-refractivity contribution in [3.8, 4) is 22.7 Å². The number of anilines is 1. The van der Waals surface area contributed by atoms with Gasteiger partial charge in [-0.15, -0.1) is 11.3 Å². The van der Waals surface area contributed by atoms with Gasteiger partial charge in [-0.25, -0.2) is 19.2 Å². The maximum Gasteiger partial charge on any atom is 0.339 e. The highest BCUT2D eigenvalue weighted by atomic mass is 32.1. The van der Waals surface area contributed by atoms with Gasteiger partial charge in [0.25, 0.3) is 5.91 Å². The number of carbonyl (C=O) groups excluding carboxylic acids is 2. The van der Waals surface area contributed by atoms with Crippen LogP contribution in [0.15, 0.2) is 94.7 Å². The molecule has 0 fully saturated rings. The Balaban J connectivity index is 1.23. The number of rotatable bonds is 6. The minimum absolute atomic E-state index is 0.290. The number of para-hydroxylation sites is 2. The lowest BCUT2D eigenvalue weighted by Crippen LogP contribution is -2.30. The zero-order valence-electron chi connectivity index (χ0n) is 20.6. The lowest BCUT2D eigenvalue weighted by atomic mass is 9.99. The number of fused-ring (bicyclic) bond motifs is 2. The molecule has 6 rings (SSSR count). The van der Waals surface area contributed by atoms with Crippen LogP contribution in [0.1, 0.15) is 17.3 Å². The molecule has 7 nitrogen and oxygen atoms in total. The number of aromatic nitrogens is 2. The highest BCUT2D eigenvalue weighted by Crippen LogP contribution is 2.33. The topological polar surface area (TPSA) is 94.3 Å².